The summed E-state index contributed by atoms with van der Waals surface area (Å²) in [5.74, 6) is 0.985. The van der Waals surface area contributed by atoms with Crippen LogP contribution in [0.15, 0.2) is 53.7 Å². The normalized spacial score (nSPS) is 15.5. The van der Waals surface area contributed by atoms with Gasteiger partial charge in [-0.15, -0.1) is 10.2 Å². The molecule has 34 heavy (non-hydrogen) atoms. The molecule has 0 bridgehead atoms. The highest BCUT2D eigenvalue weighted by molar-refractivity contribution is 7.99. The Balaban J connectivity index is 1.45. The van der Waals surface area contributed by atoms with E-state index in [9.17, 15) is 9.59 Å². The van der Waals surface area contributed by atoms with E-state index in [2.05, 4.69) is 22.4 Å². The van der Waals surface area contributed by atoms with Crippen molar-refractivity contribution in [3.63, 3.8) is 0 Å². The van der Waals surface area contributed by atoms with Crippen molar-refractivity contribution in [3.8, 4) is 0 Å². The third-order valence-corrected chi connectivity index (χ3v) is 7.14. The topological polar surface area (TPSA) is 80.1 Å². The lowest BCUT2D eigenvalue weighted by molar-refractivity contribution is -0.113. The number of hydrogen-bond donors (Lipinski definition) is 1. The molecule has 1 N–H and O–H groups in total. The number of nitrogens with zero attached hydrogens (tertiary/aromatic N) is 4. The molecule has 1 aromatic heterocycles. The van der Waals surface area contributed by atoms with E-state index in [1.807, 2.05) is 71.8 Å². The van der Waals surface area contributed by atoms with Gasteiger partial charge in [0, 0.05) is 24.3 Å². The first kappa shape index (κ1) is 24.0. The predicted molar refractivity (Wildman–Crippen MR) is 135 cm³/mol. The molecule has 1 aliphatic heterocycles. The van der Waals surface area contributed by atoms with Crippen LogP contribution in [0.25, 0.3) is 0 Å². The van der Waals surface area contributed by atoms with E-state index in [1.54, 1.807) is 0 Å². The Labute approximate surface area is 205 Å². The molecule has 0 spiro atoms. The Hall–Kier alpha value is -3.13. The number of likely N-dealkylation sites (tertiary alicyclic amines) is 1. The maximum Gasteiger partial charge on any atom is 0.254 e. The fourth-order valence-electron chi connectivity index (χ4n) is 4.36. The molecular formula is C26H31N5O2S. The number of amides is 2. The van der Waals surface area contributed by atoms with E-state index in [4.69, 9.17) is 0 Å². The van der Waals surface area contributed by atoms with Gasteiger partial charge in [0.25, 0.3) is 5.91 Å². The Morgan fingerprint density at radius 3 is 2.59 bits per heavy atom. The minimum atomic E-state index is -0.110. The minimum Gasteiger partial charge on any atom is -0.328 e. The van der Waals surface area contributed by atoms with Crippen molar-refractivity contribution < 1.29 is 9.59 Å². The number of nitrogens with one attached hydrogen (secondary N) is 1. The Morgan fingerprint density at radius 2 is 1.85 bits per heavy atom. The number of aryl methyl sites for hydroxylation is 2. The van der Waals surface area contributed by atoms with Gasteiger partial charge in [-0.2, -0.15) is 0 Å². The highest BCUT2D eigenvalue weighted by atomic mass is 32.2. The van der Waals surface area contributed by atoms with Gasteiger partial charge in [0.05, 0.1) is 11.8 Å². The molecule has 0 radical (unpaired) electrons. The first-order valence-corrected chi connectivity index (χ1v) is 12.8. The van der Waals surface area contributed by atoms with E-state index in [1.165, 1.54) is 11.8 Å². The Morgan fingerprint density at radius 1 is 1.09 bits per heavy atom. The number of carbonyl (C=O) groups is 2. The summed E-state index contributed by atoms with van der Waals surface area (Å²) in [6, 6.07) is 15.4. The molecule has 1 atom stereocenters. The second-order valence-corrected chi connectivity index (χ2v) is 9.40. The van der Waals surface area contributed by atoms with E-state index in [0.717, 1.165) is 41.9 Å². The van der Waals surface area contributed by atoms with Gasteiger partial charge < -0.3 is 14.8 Å². The van der Waals surface area contributed by atoms with Crippen molar-refractivity contribution >= 4 is 29.3 Å². The first-order chi connectivity index (χ1) is 16.5. The maximum absolute atomic E-state index is 13.2. The number of anilines is 1. The van der Waals surface area contributed by atoms with E-state index in [0.29, 0.717) is 23.8 Å². The number of thioether (sulfide) groups is 1. The van der Waals surface area contributed by atoms with Crippen LogP contribution in [0.4, 0.5) is 5.69 Å². The molecule has 2 heterocycles. The van der Waals surface area contributed by atoms with Crippen LogP contribution in [0.2, 0.25) is 0 Å². The second kappa shape index (κ2) is 10.9. The summed E-state index contributed by atoms with van der Waals surface area (Å²) in [5, 5.41) is 12.6. The molecule has 2 amide bonds. The highest BCUT2D eigenvalue weighted by Crippen LogP contribution is 2.34. The van der Waals surface area contributed by atoms with E-state index < -0.39 is 0 Å². The van der Waals surface area contributed by atoms with E-state index in [-0.39, 0.29) is 23.6 Å². The standard InChI is InChI=1S/C26H31N5O2S/c1-4-19-9-6-7-10-21(19)27-23(32)17-34-26-29-28-24(30(26)5-2)22-11-8-16-31(22)25(33)20-14-12-18(3)13-15-20/h6-7,9-10,12-15,22H,4-5,8,11,16-17H2,1-3H3,(H,27,32). The number of aromatic nitrogens is 3. The third kappa shape index (κ3) is 5.17. The number of carbonyl (C=O) groups excluding carboxylic acids is 2. The summed E-state index contributed by atoms with van der Waals surface area (Å²) in [5.41, 5.74) is 3.78. The van der Waals surface area contributed by atoms with Gasteiger partial charge in [0.2, 0.25) is 5.91 Å². The molecule has 7 nitrogen and oxygen atoms in total. The average molecular weight is 478 g/mol. The van der Waals surface area contributed by atoms with Crippen LogP contribution in [0.3, 0.4) is 0 Å². The van der Waals surface area contributed by atoms with Crippen molar-refractivity contribution in [2.75, 3.05) is 17.6 Å². The van der Waals surface area contributed by atoms with Crippen molar-refractivity contribution in [2.24, 2.45) is 0 Å². The van der Waals surface area contributed by atoms with Gasteiger partial charge in [-0.3, -0.25) is 9.59 Å². The molecule has 8 heteroatoms. The molecule has 3 aromatic rings. The fraction of sp³-hybridized carbons (Fsp3) is 0.385. The van der Waals surface area contributed by atoms with Gasteiger partial charge in [-0.05, 0) is 56.9 Å². The first-order valence-electron chi connectivity index (χ1n) is 11.8. The summed E-state index contributed by atoms with van der Waals surface area (Å²) in [4.78, 5) is 27.7. The van der Waals surface area contributed by atoms with Crippen LogP contribution in [-0.2, 0) is 17.8 Å². The molecule has 0 aliphatic carbocycles. The fourth-order valence-corrected chi connectivity index (χ4v) is 5.17. The molecule has 1 unspecified atom stereocenters. The number of hydrogen-bond acceptors (Lipinski definition) is 5. The smallest absolute Gasteiger partial charge is 0.254 e. The highest BCUT2D eigenvalue weighted by Gasteiger charge is 2.34. The van der Waals surface area contributed by atoms with Gasteiger partial charge in [-0.25, -0.2) is 0 Å². The quantitative estimate of drug-likeness (QED) is 0.468. The van der Waals surface area contributed by atoms with Crippen molar-refractivity contribution in [1.82, 2.24) is 19.7 Å². The van der Waals surface area contributed by atoms with Crippen LogP contribution in [0, 0.1) is 6.92 Å². The lowest BCUT2D eigenvalue weighted by atomic mass is 10.1. The van der Waals surface area contributed by atoms with Gasteiger partial charge in [0.1, 0.15) is 0 Å². The molecular weight excluding hydrogens is 446 g/mol. The van der Waals surface area contributed by atoms with Crippen LogP contribution in [0.1, 0.15) is 60.0 Å². The monoisotopic (exact) mass is 477 g/mol. The SMILES string of the molecule is CCc1ccccc1NC(=O)CSc1nnc(C2CCCN2C(=O)c2ccc(C)cc2)n1CC. The van der Waals surface area contributed by atoms with E-state index >= 15 is 0 Å². The summed E-state index contributed by atoms with van der Waals surface area (Å²) < 4.78 is 2.03. The minimum absolute atomic E-state index is 0.0244. The second-order valence-electron chi connectivity index (χ2n) is 8.46. The molecule has 0 saturated carbocycles. The van der Waals surface area contributed by atoms with Crippen LogP contribution in [0.5, 0.6) is 0 Å². The Kier molecular flexibility index (Phi) is 7.67. The molecule has 1 aliphatic rings. The van der Waals surface area contributed by atoms with Crippen molar-refractivity contribution in [2.45, 2.75) is 57.8 Å². The van der Waals surface area contributed by atoms with Gasteiger partial charge >= 0.3 is 0 Å². The van der Waals surface area contributed by atoms with Crippen molar-refractivity contribution in [3.05, 3.63) is 71.0 Å². The van der Waals surface area contributed by atoms with Crippen molar-refractivity contribution in [1.29, 1.82) is 0 Å². The molecule has 1 fully saturated rings. The summed E-state index contributed by atoms with van der Waals surface area (Å²) in [6.45, 7) is 7.50. The Bertz CT molecular complexity index is 1160. The lowest BCUT2D eigenvalue weighted by Crippen LogP contribution is -2.32. The number of rotatable bonds is 8. The predicted octanol–water partition coefficient (Wildman–Crippen LogP) is 4.88. The average Bonchev–Trinajstić information content (AvgIpc) is 3.49. The summed E-state index contributed by atoms with van der Waals surface area (Å²) in [6.07, 6.45) is 2.64. The van der Waals surface area contributed by atoms with Crippen LogP contribution in [-0.4, -0.2) is 43.8 Å². The van der Waals surface area contributed by atoms with Crippen LogP contribution < -0.4 is 5.32 Å². The zero-order valence-corrected chi connectivity index (χ0v) is 20.8. The molecule has 4 rings (SSSR count). The summed E-state index contributed by atoms with van der Waals surface area (Å²) >= 11 is 1.37. The lowest BCUT2D eigenvalue weighted by Gasteiger charge is -2.24. The molecule has 2 aromatic carbocycles. The maximum atomic E-state index is 13.2. The van der Waals surface area contributed by atoms with Crippen LogP contribution >= 0.6 is 11.8 Å². The third-order valence-electron chi connectivity index (χ3n) is 6.18. The molecule has 178 valence electrons. The number of benzene rings is 2. The zero-order chi connectivity index (χ0) is 24.1. The van der Waals surface area contributed by atoms with Gasteiger partial charge in [-0.1, -0.05) is 54.6 Å². The summed E-state index contributed by atoms with van der Waals surface area (Å²) in [7, 11) is 0. The molecule has 1 saturated heterocycles. The van der Waals surface area contributed by atoms with Gasteiger partial charge in [0.15, 0.2) is 11.0 Å². The number of para-hydroxylation sites is 1. The largest absolute Gasteiger partial charge is 0.328 e. The zero-order valence-electron chi connectivity index (χ0n) is 20.0.